The zero-order valence-corrected chi connectivity index (χ0v) is 34.8. The Morgan fingerprint density at radius 1 is 0.297 bits per heavy atom. The molecule has 0 fully saturated rings. The summed E-state index contributed by atoms with van der Waals surface area (Å²) in [6, 6.07) is 85.0. The van der Waals surface area contributed by atoms with Crippen LogP contribution in [-0.4, -0.2) is 9.13 Å². The van der Waals surface area contributed by atoms with Crippen molar-refractivity contribution in [3.63, 3.8) is 0 Å². The predicted molar refractivity (Wildman–Crippen MR) is 268 cm³/mol. The van der Waals surface area contributed by atoms with E-state index in [1.54, 1.807) is 0 Å². The van der Waals surface area contributed by atoms with Crippen molar-refractivity contribution in [3.05, 3.63) is 237 Å². The van der Waals surface area contributed by atoms with Crippen molar-refractivity contribution in [1.82, 2.24) is 9.13 Å². The summed E-state index contributed by atoms with van der Waals surface area (Å²) >= 11 is 0. The summed E-state index contributed by atoms with van der Waals surface area (Å²) in [6.07, 6.45) is 0. The summed E-state index contributed by atoms with van der Waals surface area (Å²) in [5.74, 6) is 0. The Kier molecular flexibility index (Phi) is 8.18. The highest BCUT2D eigenvalue weighted by Crippen LogP contribution is 2.42. The molecule has 10 aromatic carbocycles. The van der Waals surface area contributed by atoms with E-state index in [4.69, 9.17) is 4.42 Å². The Labute approximate surface area is 369 Å². The fourth-order valence-corrected chi connectivity index (χ4v) is 9.98. The van der Waals surface area contributed by atoms with Crippen molar-refractivity contribution >= 4 is 82.6 Å². The second-order valence-corrected chi connectivity index (χ2v) is 16.5. The Morgan fingerprint density at radius 2 is 0.750 bits per heavy atom. The molecule has 0 amide bonds. The molecule has 0 aliphatic heterocycles. The Hall–Kier alpha value is -8.60. The maximum atomic E-state index is 6.97. The van der Waals surface area contributed by atoms with Gasteiger partial charge in [0.25, 0.3) is 0 Å². The number of hydrogen-bond donors (Lipinski definition) is 0. The van der Waals surface area contributed by atoms with Gasteiger partial charge >= 0.3 is 0 Å². The third-order valence-electron chi connectivity index (χ3n) is 12.9. The van der Waals surface area contributed by atoms with Gasteiger partial charge < -0.3 is 18.5 Å². The quantitative estimate of drug-likeness (QED) is 0.160. The van der Waals surface area contributed by atoms with E-state index in [1.165, 1.54) is 43.7 Å². The summed E-state index contributed by atoms with van der Waals surface area (Å²) in [4.78, 5) is 2.33. The van der Waals surface area contributed by atoms with Gasteiger partial charge in [0.1, 0.15) is 5.58 Å². The Morgan fingerprint density at radius 3 is 1.34 bits per heavy atom. The van der Waals surface area contributed by atoms with E-state index in [-0.39, 0.29) is 0 Å². The van der Waals surface area contributed by atoms with Gasteiger partial charge in [-0.2, -0.15) is 0 Å². The monoisotopic (exact) mass is 817 g/mol. The van der Waals surface area contributed by atoms with Crippen molar-refractivity contribution in [3.8, 4) is 33.6 Å². The van der Waals surface area contributed by atoms with E-state index in [1.807, 2.05) is 0 Å². The molecule has 3 heterocycles. The fourth-order valence-electron chi connectivity index (χ4n) is 9.98. The van der Waals surface area contributed by atoms with Crippen molar-refractivity contribution < 1.29 is 4.42 Å². The highest BCUT2D eigenvalue weighted by Gasteiger charge is 2.20. The number of benzene rings is 10. The summed E-state index contributed by atoms with van der Waals surface area (Å²) in [6.45, 7) is 0. The van der Waals surface area contributed by atoms with Gasteiger partial charge in [-0.3, -0.25) is 0 Å². The summed E-state index contributed by atoms with van der Waals surface area (Å²) in [7, 11) is 0. The van der Waals surface area contributed by atoms with Crippen molar-refractivity contribution in [2.24, 2.45) is 0 Å². The third kappa shape index (κ3) is 5.70. The molecular formula is C60H39N3O. The van der Waals surface area contributed by atoms with Crippen LogP contribution in [0.25, 0.3) is 99.2 Å². The molecule has 0 saturated carbocycles. The van der Waals surface area contributed by atoms with Crippen LogP contribution in [0.1, 0.15) is 0 Å². The van der Waals surface area contributed by atoms with Crippen LogP contribution in [0.5, 0.6) is 0 Å². The molecule has 300 valence electrons. The van der Waals surface area contributed by atoms with Crippen LogP contribution in [0.15, 0.2) is 241 Å². The average Bonchev–Trinajstić information content (AvgIpc) is 4.03. The Balaban J connectivity index is 0.926. The largest absolute Gasteiger partial charge is 0.454 e. The van der Waals surface area contributed by atoms with E-state index in [0.717, 1.165) is 72.5 Å². The van der Waals surface area contributed by atoms with Gasteiger partial charge in [0, 0.05) is 61.1 Å². The zero-order valence-electron chi connectivity index (χ0n) is 34.8. The lowest BCUT2D eigenvalue weighted by Crippen LogP contribution is -2.09. The van der Waals surface area contributed by atoms with Gasteiger partial charge in [0.05, 0.1) is 27.8 Å². The first-order valence-corrected chi connectivity index (χ1v) is 21.8. The number of hydrogen-bond acceptors (Lipinski definition) is 2. The number of rotatable bonds is 7. The standard InChI is InChI=1S/C60H39N3O/c1-2-14-40(15-3-1)41-28-32-44(33-29-41)61(45-34-30-42(31-35-45)43-16-12-17-46(38-43)62-54-23-8-4-18-48(54)49-19-5-9-24-55(49)62)47-36-37-52-53-22-13-27-58(60(53)64-59(52)39-47)63-56-25-10-6-20-50(56)51-21-7-11-26-57(51)63/h1-39H. The van der Waals surface area contributed by atoms with Crippen LogP contribution in [0.2, 0.25) is 0 Å². The molecule has 0 aliphatic rings. The molecule has 0 N–H and O–H groups in total. The molecular weight excluding hydrogens is 779 g/mol. The van der Waals surface area contributed by atoms with Crippen LogP contribution >= 0.6 is 0 Å². The normalized spacial score (nSPS) is 11.8. The van der Waals surface area contributed by atoms with E-state index in [9.17, 15) is 0 Å². The van der Waals surface area contributed by atoms with Gasteiger partial charge in [-0.25, -0.2) is 0 Å². The molecule has 0 saturated heterocycles. The van der Waals surface area contributed by atoms with Crippen molar-refractivity contribution in [2.45, 2.75) is 0 Å². The second-order valence-electron chi connectivity index (χ2n) is 16.5. The molecule has 0 bridgehead atoms. The maximum absolute atomic E-state index is 6.97. The summed E-state index contributed by atoms with van der Waals surface area (Å²) in [5, 5.41) is 7.14. The minimum Gasteiger partial charge on any atom is -0.454 e. The van der Waals surface area contributed by atoms with Crippen LogP contribution in [0.3, 0.4) is 0 Å². The predicted octanol–water partition coefficient (Wildman–Crippen LogP) is 16.6. The van der Waals surface area contributed by atoms with Crippen LogP contribution < -0.4 is 4.90 Å². The van der Waals surface area contributed by atoms with Gasteiger partial charge in [0.15, 0.2) is 5.58 Å². The summed E-state index contributed by atoms with van der Waals surface area (Å²) < 4.78 is 11.7. The van der Waals surface area contributed by atoms with E-state index in [2.05, 4.69) is 251 Å². The second kappa shape index (κ2) is 14.5. The van der Waals surface area contributed by atoms with Crippen molar-refractivity contribution in [1.29, 1.82) is 0 Å². The molecule has 3 aromatic heterocycles. The lowest BCUT2D eigenvalue weighted by Gasteiger charge is -2.26. The first-order chi connectivity index (χ1) is 31.7. The molecule has 13 rings (SSSR count). The van der Waals surface area contributed by atoms with Gasteiger partial charge in [-0.05, 0) is 101 Å². The molecule has 64 heavy (non-hydrogen) atoms. The van der Waals surface area contributed by atoms with Gasteiger partial charge in [-0.1, -0.05) is 152 Å². The molecule has 0 atom stereocenters. The van der Waals surface area contributed by atoms with Crippen LogP contribution in [0, 0.1) is 0 Å². The van der Waals surface area contributed by atoms with E-state index < -0.39 is 0 Å². The number of para-hydroxylation sites is 5. The van der Waals surface area contributed by atoms with E-state index in [0.29, 0.717) is 0 Å². The molecule has 13 aromatic rings. The van der Waals surface area contributed by atoms with Gasteiger partial charge in [0.2, 0.25) is 0 Å². The lowest BCUT2D eigenvalue weighted by molar-refractivity contribution is 0.666. The number of aromatic nitrogens is 2. The van der Waals surface area contributed by atoms with Crippen LogP contribution in [0.4, 0.5) is 17.1 Å². The molecule has 0 spiro atoms. The average molecular weight is 818 g/mol. The first-order valence-electron chi connectivity index (χ1n) is 21.8. The lowest BCUT2D eigenvalue weighted by atomic mass is 10.0. The highest BCUT2D eigenvalue weighted by molar-refractivity contribution is 6.13. The van der Waals surface area contributed by atoms with Gasteiger partial charge in [-0.15, -0.1) is 0 Å². The zero-order chi connectivity index (χ0) is 42.1. The number of furan rings is 1. The topological polar surface area (TPSA) is 26.2 Å². The highest BCUT2D eigenvalue weighted by atomic mass is 16.3. The third-order valence-corrected chi connectivity index (χ3v) is 12.9. The Bertz CT molecular complexity index is 3780. The fraction of sp³-hybridized carbons (Fsp3) is 0. The number of nitrogens with zero attached hydrogens (tertiary/aromatic N) is 3. The van der Waals surface area contributed by atoms with Crippen LogP contribution in [-0.2, 0) is 0 Å². The molecule has 4 heteroatoms. The smallest absolute Gasteiger partial charge is 0.159 e. The maximum Gasteiger partial charge on any atom is 0.159 e. The molecule has 0 radical (unpaired) electrons. The molecule has 4 nitrogen and oxygen atoms in total. The van der Waals surface area contributed by atoms with E-state index >= 15 is 0 Å². The molecule has 0 aliphatic carbocycles. The number of anilines is 3. The first kappa shape index (κ1) is 36.1. The minimum atomic E-state index is 0.838. The minimum absolute atomic E-state index is 0.838. The SMILES string of the molecule is c1ccc(-c2ccc(N(c3ccc(-c4cccc(-n5c6ccccc6c6ccccc65)c4)cc3)c3ccc4c(c3)oc3c(-n5c6ccccc6c6ccccc65)cccc34)cc2)cc1. The molecule has 0 unspecified atom stereocenters. The summed E-state index contributed by atoms with van der Waals surface area (Å²) in [5.41, 5.74) is 16.4. The number of fused-ring (bicyclic) bond motifs is 9. The van der Waals surface area contributed by atoms with Crippen molar-refractivity contribution in [2.75, 3.05) is 4.90 Å².